The molecule has 1 N–H and O–H groups in total. The van der Waals surface area contributed by atoms with E-state index >= 15 is 0 Å². The zero-order valence-corrected chi connectivity index (χ0v) is 17.8. The number of pyridine rings is 1. The maximum Gasteiger partial charge on any atom is 0.257 e. The molecule has 1 aromatic heterocycles. The van der Waals surface area contributed by atoms with Crippen LogP contribution < -0.4 is 10.1 Å². The van der Waals surface area contributed by atoms with Crippen LogP contribution in [-0.4, -0.2) is 49.6 Å². The zero-order valence-electron chi connectivity index (χ0n) is 17.0. The number of carbonyl (C=O) groups excluding carboxylic acids is 1. The number of sulfonamides is 1. The molecule has 0 unspecified atom stereocenters. The summed E-state index contributed by atoms with van der Waals surface area (Å²) < 4.78 is 30.9. The largest absolute Gasteiger partial charge is 0.497 e. The average molecular weight is 418 g/mol. The van der Waals surface area contributed by atoms with E-state index in [-0.39, 0.29) is 17.6 Å². The Balaban J connectivity index is 1.78. The number of carbonyl (C=O) groups is 1. The van der Waals surface area contributed by atoms with Gasteiger partial charge in [0.2, 0.25) is 10.0 Å². The van der Waals surface area contributed by atoms with Gasteiger partial charge in [0.05, 0.1) is 24.1 Å². The van der Waals surface area contributed by atoms with E-state index in [1.807, 2.05) is 13.0 Å². The van der Waals surface area contributed by atoms with Gasteiger partial charge in [-0.2, -0.15) is 0 Å². The molecule has 3 rings (SSSR count). The highest BCUT2D eigenvalue weighted by molar-refractivity contribution is 7.89. The van der Waals surface area contributed by atoms with Gasteiger partial charge in [-0.15, -0.1) is 0 Å². The molecule has 1 aliphatic rings. The van der Waals surface area contributed by atoms with E-state index in [2.05, 4.69) is 10.3 Å². The fourth-order valence-corrected chi connectivity index (χ4v) is 4.68. The summed E-state index contributed by atoms with van der Waals surface area (Å²) in [6, 6.07) is 10.8. The fraction of sp³-hybridized carbons (Fsp3) is 0.429. The summed E-state index contributed by atoms with van der Waals surface area (Å²) in [6.07, 6.45) is 1.30. The standard InChI is InChI=1S/C21H27N3O4S/c1-4-29(26,27)24-13-11-16(12-14-24)20-19(10-5-15(2)22-20)21(25)23-17-6-8-18(28-3)9-7-17/h5-10,16H,4,11-14H2,1-3H3,(H,23,25). The number of amides is 1. The second-order valence-corrected chi connectivity index (χ2v) is 9.40. The molecule has 0 saturated carbocycles. The van der Waals surface area contributed by atoms with Gasteiger partial charge >= 0.3 is 0 Å². The Bertz CT molecular complexity index is 966. The highest BCUT2D eigenvalue weighted by Gasteiger charge is 2.30. The van der Waals surface area contributed by atoms with Gasteiger partial charge in [0, 0.05) is 30.4 Å². The number of aromatic nitrogens is 1. The van der Waals surface area contributed by atoms with Crippen molar-refractivity contribution >= 4 is 21.6 Å². The van der Waals surface area contributed by atoms with Gasteiger partial charge in [-0.3, -0.25) is 9.78 Å². The van der Waals surface area contributed by atoms with Crippen molar-refractivity contribution in [2.75, 3.05) is 31.3 Å². The molecule has 2 heterocycles. The number of anilines is 1. The number of hydrogen-bond acceptors (Lipinski definition) is 5. The van der Waals surface area contributed by atoms with Gasteiger partial charge in [0.1, 0.15) is 5.75 Å². The molecule has 8 heteroatoms. The number of benzene rings is 1. The van der Waals surface area contributed by atoms with Crippen LogP contribution in [0, 0.1) is 6.92 Å². The first-order valence-corrected chi connectivity index (χ1v) is 11.4. The Morgan fingerprint density at radius 2 is 1.83 bits per heavy atom. The molecule has 1 aromatic carbocycles. The molecule has 0 aliphatic carbocycles. The molecule has 1 aliphatic heterocycles. The third-order valence-corrected chi connectivity index (χ3v) is 7.14. The van der Waals surface area contributed by atoms with Crippen LogP contribution in [0.25, 0.3) is 0 Å². The van der Waals surface area contributed by atoms with E-state index < -0.39 is 10.0 Å². The van der Waals surface area contributed by atoms with Gasteiger partial charge in [0.25, 0.3) is 5.91 Å². The maximum absolute atomic E-state index is 12.9. The lowest BCUT2D eigenvalue weighted by molar-refractivity contribution is 0.102. The van der Waals surface area contributed by atoms with Crippen LogP contribution in [0.4, 0.5) is 5.69 Å². The minimum absolute atomic E-state index is 0.0508. The minimum Gasteiger partial charge on any atom is -0.497 e. The van der Waals surface area contributed by atoms with Crippen LogP contribution >= 0.6 is 0 Å². The van der Waals surface area contributed by atoms with E-state index in [4.69, 9.17) is 4.74 Å². The molecular formula is C21H27N3O4S. The van der Waals surface area contributed by atoms with E-state index in [1.54, 1.807) is 44.4 Å². The highest BCUT2D eigenvalue weighted by atomic mass is 32.2. The van der Waals surface area contributed by atoms with Gasteiger partial charge in [-0.25, -0.2) is 12.7 Å². The van der Waals surface area contributed by atoms with E-state index in [9.17, 15) is 13.2 Å². The Morgan fingerprint density at radius 1 is 1.17 bits per heavy atom. The number of methoxy groups -OCH3 is 1. The van der Waals surface area contributed by atoms with Crippen molar-refractivity contribution < 1.29 is 17.9 Å². The van der Waals surface area contributed by atoms with Crippen LogP contribution in [0.2, 0.25) is 0 Å². The van der Waals surface area contributed by atoms with Crippen molar-refractivity contribution in [1.29, 1.82) is 0 Å². The first-order valence-electron chi connectivity index (χ1n) is 9.75. The number of rotatable bonds is 6. The predicted molar refractivity (Wildman–Crippen MR) is 113 cm³/mol. The van der Waals surface area contributed by atoms with Crippen molar-refractivity contribution in [3.8, 4) is 5.75 Å². The topological polar surface area (TPSA) is 88.6 Å². The molecule has 156 valence electrons. The van der Waals surface area contributed by atoms with Crippen molar-refractivity contribution in [2.24, 2.45) is 0 Å². The molecule has 29 heavy (non-hydrogen) atoms. The monoisotopic (exact) mass is 417 g/mol. The SMILES string of the molecule is CCS(=O)(=O)N1CCC(c2nc(C)ccc2C(=O)Nc2ccc(OC)cc2)CC1. The third-order valence-electron chi connectivity index (χ3n) is 5.26. The van der Waals surface area contributed by atoms with Crippen LogP contribution in [0.15, 0.2) is 36.4 Å². The van der Waals surface area contributed by atoms with E-state index in [0.29, 0.717) is 37.2 Å². The van der Waals surface area contributed by atoms with Gasteiger partial charge in [0.15, 0.2) is 0 Å². The zero-order chi connectivity index (χ0) is 21.0. The molecule has 0 atom stereocenters. The average Bonchev–Trinajstić information content (AvgIpc) is 2.74. The van der Waals surface area contributed by atoms with Gasteiger partial charge in [-0.1, -0.05) is 0 Å². The van der Waals surface area contributed by atoms with Crippen LogP contribution in [0.1, 0.15) is 47.4 Å². The van der Waals surface area contributed by atoms with E-state index in [1.165, 1.54) is 4.31 Å². The third kappa shape index (κ3) is 4.94. The Kier molecular flexibility index (Phi) is 6.54. The Morgan fingerprint density at radius 3 is 2.41 bits per heavy atom. The molecule has 1 saturated heterocycles. The van der Waals surface area contributed by atoms with Crippen molar-refractivity contribution in [1.82, 2.24) is 9.29 Å². The number of hydrogen-bond donors (Lipinski definition) is 1. The molecule has 7 nitrogen and oxygen atoms in total. The summed E-state index contributed by atoms with van der Waals surface area (Å²) in [5.41, 5.74) is 2.78. The fourth-order valence-electron chi connectivity index (χ4n) is 3.54. The normalized spacial score (nSPS) is 15.8. The van der Waals surface area contributed by atoms with Crippen molar-refractivity contribution in [2.45, 2.75) is 32.6 Å². The quantitative estimate of drug-likeness (QED) is 0.780. The molecular weight excluding hydrogens is 390 g/mol. The van der Waals surface area contributed by atoms with Crippen molar-refractivity contribution in [3.05, 3.63) is 53.3 Å². The first kappa shape index (κ1) is 21.3. The van der Waals surface area contributed by atoms with Crippen LogP contribution in [-0.2, 0) is 10.0 Å². The molecule has 0 bridgehead atoms. The maximum atomic E-state index is 12.9. The Hall–Kier alpha value is -2.45. The molecule has 1 fully saturated rings. The van der Waals surface area contributed by atoms with Gasteiger partial charge < -0.3 is 10.1 Å². The minimum atomic E-state index is -3.18. The van der Waals surface area contributed by atoms with E-state index in [0.717, 1.165) is 17.1 Å². The molecule has 2 aromatic rings. The van der Waals surface area contributed by atoms with Gasteiger partial charge in [-0.05, 0) is 63.1 Å². The van der Waals surface area contributed by atoms with Crippen molar-refractivity contribution in [3.63, 3.8) is 0 Å². The molecule has 0 spiro atoms. The summed E-state index contributed by atoms with van der Waals surface area (Å²) in [5.74, 6) is 0.654. The summed E-state index contributed by atoms with van der Waals surface area (Å²) >= 11 is 0. The summed E-state index contributed by atoms with van der Waals surface area (Å²) in [4.78, 5) is 17.6. The first-order chi connectivity index (χ1) is 13.8. The number of nitrogens with zero attached hydrogens (tertiary/aromatic N) is 2. The lowest BCUT2D eigenvalue weighted by atomic mass is 9.90. The Labute approximate surface area is 172 Å². The lowest BCUT2D eigenvalue weighted by Crippen LogP contribution is -2.39. The summed E-state index contributed by atoms with van der Waals surface area (Å²) in [5, 5.41) is 2.91. The molecule has 1 amide bonds. The number of piperidine rings is 1. The number of aryl methyl sites for hydroxylation is 1. The highest BCUT2D eigenvalue weighted by Crippen LogP contribution is 2.31. The molecule has 0 radical (unpaired) electrons. The van der Waals surface area contributed by atoms with Crippen LogP contribution in [0.3, 0.4) is 0 Å². The predicted octanol–water partition coefficient (Wildman–Crippen LogP) is 3.18. The summed E-state index contributed by atoms with van der Waals surface area (Å²) in [6.45, 7) is 4.46. The second kappa shape index (κ2) is 8.92. The number of nitrogens with one attached hydrogen (secondary N) is 1. The second-order valence-electron chi connectivity index (χ2n) is 7.14. The number of ether oxygens (including phenoxy) is 1. The summed E-state index contributed by atoms with van der Waals surface area (Å²) in [7, 11) is -1.59. The lowest BCUT2D eigenvalue weighted by Gasteiger charge is -2.31. The smallest absolute Gasteiger partial charge is 0.257 e. The van der Waals surface area contributed by atoms with Crippen LogP contribution in [0.5, 0.6) is 5.75 Å².